The van der Waals surface area contributed by atoms with E-state index in [1.807, 2.05) is 0 Å². The second kappa shape index (κ2) is 4.23. The van der Waals surface area contributed by atoms with E-state index in [2.05, 4.69) is 10.5 Å². The molecule has 0 aliphatic carbocycles. The number of carbonyl (C=O) groups is 1. The SMILES string of the molecule is O=Cc1ccc(NCN=O)cc1. The maximum Gasteiger partial charge on any atom is 0.150 e. The normalized spacial score (nSPS) is 9.00. The molecule has 12 heavy (non-hydrogen) atoms. The fraction of sp³-hybridized carbons (Fsp3) is 0.125. The van der Waals surface area contributed by atoms with Crippen LogP contribution in [-0.2, 0) is 0 Å². The second-order valence-electron chi connectivity index (χ2n) is 2.20. The smallest absolute Gasteiger partial charge is 0.150 e. The molecule has 0 fully saturated rings. The van der Waals surface area contributed by atoms with Gasteiger partial charge in [0.1, 0.15) is 13.0 Å². The Kier molecular flexibility index (Phi) is 2.95. The Morgan fingerprint density at radius 1 is 1.33 bits per heavy atom. The van der Waals surface area contributed by atoms with Crippen molar-refractivity contribution in [3.8, 4) is 0 Å². The molecule has 0 saturated heterocycles. The molecule has 0 aliphatic heterocycles. The van der Waals surface area contributed by atoms with E-state index < -0.39 is 0 Å². The first-order valence-electron chi connectivity index (χ1n) is 3.45. The number of nitroso groups, excluding NO2 is 1. The molecule has 0 aromatic heterocycles. The van der Waals surface area contributed by atoms with E-state index in [0.717, 1.165) is 12.0 Å². The van der Waals surface area contributed by atoms with Gasteiger partial charge >= 0.3 is 0 Å². The van der Waals surface area contributed by atoms with Gasteiger partial charge in [0.25, 0.3) is 0 Å². The standard InChI is InChI=1S/C8H8N2O2/c11-5-7-1-3-8(4-2-7)9-6-10-12/h1-5,9H,6H2. The molecule has 1 aromatic rings. The lowest BCUT2D eigenvalue weighted by Gasteiger charge is -1.99. The number of nitrogens with zero attached hydrogens (tertiary/aromatic N) is 1. The van der Waals surface area contributed by atoms with Crippen LogP contribution < -0.4 is 5.32 Å². The topological polar surface area (TPSA) is 58.5 Å². The Bertz CT molecular complexity index is 269. The Morgan fingerprint density at radius 2 is 2.00 bits per heavy atom. The quantitative estimate of drug-likeness (QED) is 0.543. The van der Waals surface area contributed by atoms with Crippen molar-refractivity contribution in [2.75, 3.05) is 12.0 Å². The van der Waals surface area contributed by atoms with E-state index in [-0.39, 0.29) is 6.67 Å². The molecular formula is C8H8N2O2. The van der Waals surface area contributed by atoms with Gasteiger partial charge in [0.05, 0.1) is 0 Å². The average Bonchev–Trinajstić information content (AvgIpc) is 2.15. The summed E-state index contributed by atoms with van der Waals surface area (Å²) in [5, 5.41) is 5.39. The zero-order valence-electron chi connectivity index (χ0n) is 6.36. The second-order valence-corrected chi connectivity index (χ2v) is 2.20. The summed E-state index contributed by atoms with van der Waals surface area (Å²) < 4.78 is 0. The first-order chi connectivity index (χ1) is 5.86. The maximum absolute atomic E-state index is 10.2. The van der Waals surface area contributed by atoms with Gasteiger partial charge in [0.15, 0.2) is 0 Å². The number of benzene rings is 1. The number of nitrogens with one attached hydrogen (secondary N) is 1. The van der Waals surface area contributed by atoms with E-state index in [0.29, 0.717) is 5.56 Å². The lowest BCUT2D eigenvalue weighted by molar-refractivity contribution is 0.112. The molecular weight excluding hydrogens is 156 g/mol. The molecule has 0 radical (unpaired) electrons. The van der Waals surface area contributed by atoms with Gasteiger partial charge in [0, 0.05) is 11.3 Å². The molecule has 0 atom stereocenters. The third kappa shape index (κ3) is 2.16. The largest absolute Gasteiger partial charge is 0.363 e. The number of anilines is 1. The average molecular weight is 164 g/mol. The minimum atomic E-state index is 0.0421. The van der Waals surface area contributed by atoms with Gasteiger partial charge in [-0.25, -0.2) is 0 Å². The molecule has 0 bridgehead atoms. The van der Waals surface area contributed by atoms with Crippen molar-refractivity contribution in [2.24, 2.45) is 5.18 Å². The first-order valence-corrected chi connectivity index (χ1v) is 3.45. The molecule has 4 nitrogen and oxygen atoms in total. The summed E-state index contributed by atoms with van der Waals surface area (Å²) >= 11 is 0. The summed E-state index contributed by atoms with van der Waals surface area (Å²) in [6.45, 7) is 0.0421. The Morgan fingerprint density at radius 3 is 2.50 bits per heavy atom. The number of hydrogen-bond donors (Lipinski definition) is 1. The summed E-state index contributed by atoms with van der Waals surface area (Å²) in [4.78, 5) is 20.0. The van der Waals surface area contributed by atoms with Gasteiger partial charge in [-0.3, -0.25) is 4.79 Å². The molecule has 1 N–H and O–H groups in total. The number of rotatable bonds is 4. The van der Waals surface area contributed by atoms with Crippen molar-refractivity contribution in [3.05, 3.63) is 34.7 Å². The highest BCUT2D eigenvalue weighted by Gasteiger charge is 1.91. The van der Waals surface area contributed by atoms with Crippen molar-refractivity contribution in [1.29, 1.82) is 0 Å². The van der Waals surface area contributed by atoms with Gasteiger partial charge in [-0.05, 0) is 29.4 Å². The van der Waals surface area contributed by atoms with Gasteiger partial charge in [-0.15, -0.1) is 4.91 Å². The van der Waals surface area contributed by atoms with Crippen LogP contribution >= 0.6 is 0 Å². The van der Waals surface area contributed by atoms with E-state index in [9.17, 15) is 9.70 Å². The predicted octanol–water partition coefficient (Wildman–Crippen LogP) is 1.63. The van der Waals surface area contributed by atoms with Crippen molar-refractivity contribution in [2.45, 2.75) is 0 Å². The van der Waals surface area contributed by atoms with Crippen LogP contribution in [0.5, 0.6) is 0 Å². The first kappa shape index (κ1) is 8.39. The number of hydrogen-bond acceptors (Lipinski definition) is 4. The van der Waals surface area contributed by atoms with Gasteiger partial charge in [0.2, 0.25) is 0 Å². The zero-order chi connectivity index (χ0) is 8.81. The molecule has 0 heterocycles. The fourth-order valence-electron chi connectivity index (χ4n) is 0.803. The van der Waals surface area contributed by atoms with Crippen LogP contribution in [0.2, 0.25) is 0 Å². The lowest BCUT2D eigenvalue weighted by atomic mass is 10.2. The molecule has 0 aliphatic rings. The number of aldehydes is 1. The number of carbonyl (C=O) groups excluding carboxylic acids is 1. The van der Waals surface area contributed by atoms with Crippen molar-refractivity contribution >= 4 is 12.0 Å². The van der Waals surface area contributed by atoms with Crippen LogP contribution in [-0.4, -0.2) is 13.0 Å². The van der Waals surface area contributed by atoms with E-state index in [4.69, 9.17) is 0 Å². The predicted molar refractivity (Wildman–Crippen MR) is 46.1 cm³/mol. The van der Waals surface area contributed by atoms with Gasteiger partial charge < -0.3 is 5.32 Å². The lowest BCUT2D eigenvalue weighted by Crippen LogP contribution is -1.96. The molecule has 4 heteroatoms. The molecule has 0 spiro atoms. The van der Waals surface area contributed by atoms with E-state index in [1.54, 1.807) is 24.3 Å². The van der Waals surface area contributed by atoms with E-state index >= 15 is 0 Å². The molecule has 62 valence electrons. The van der Waals surface area contributed by atoms with Crippen molar-refractivity contribution < 1.29 is 4.79 Å². The molecule has 0 saturated carbocycles. The highest BCUT2D eigenvalue weighted by Crippen LogP contribution is 2.07. The van der Waals surface area contributed by atoms with Gasteiger partial charge in [-0.2, -0.15) is 0 Å². The summed E-state index contributed by atoms with van der Waals surface area (Å²) in [6.07, 6.45) is 0.766. The Labute approximate surface area is 69.6 Å². The Balaban J connectivity index is 2.64. The highest BCUT2D eigenvalue weighted by molar-refractivity contribution is 5.75. The highest BCUT2D eigenvalue weighted by atomic mass is 16.3. The summed E-state index contributed by atoms with van der Waals surface area (Å²) in [6, 6.07) is 6.77. The summed E-state index contributed by atoms with van der Waals surface area (Å²) in [5.41, 5.74) is 1.39. The molecule has 0 unspecified atom stereocenters. The summed E-state index contributed by atoms with van der Waals surface area (Å²) in [5.74, 6) is 0. The van der Waals surface area contributed by atoms with Crippen LogP contribution in [0.4, 0.5) is 5.69 Å². The zero-order valence-corrected chi connectivity index (χ0v) is 6.36. The van der Waals surface area contributed by atoms with Crippen LogP contribution in [0.1, 0.15) is 10.4 Å². The third-order valence-electron chi connectivity index (χ3n) is 1.39. The Hall–Kier alpha value is -1.71. The minimum Gasteiger partial charge on any atom is -0.363 e. The van der Waals surface area contributed by atoms with Crippen molar-refractivity contribution in [3.63, 3.8) is 0 Å². The third-order valence-corrected chi connectivity index (χ3v) is 1.39. The fourth-order valence-corrected chi connectivity index (χ4v) is 0.803. The van der Waals surface area contributed by atoms with Crippen molar-refractivity contribution in [1.82, 2.24) is 0 Å². The van der Waals surface area contributed by atoms with Crippen LogP contribution in [0.15, 0.2) is 29.4 Å². The maximum atomic E-state index is 10.2. The summed E-state index contributed by atoms with van der Waals surface area (Å²) in [7, 11) is 0. The molecule has 1 rings (SSSR count). The van der Waals surface area contributed by atoms with Gasteiger partial charge in [-0.1, -0.05) is 0 Å². The van der Waals surface area contributed by atoms with Crippen LogP contribution in [0.3, 0.4) is 0 Å². The monoisotopic (exact) mass is 164 g/mol. The van der Waals surface area contributed by atoms with Crippen LogP contribution in [0.25, 0.3) is 0 Å². The molecule has 1 aromatic carbocycles. The van der Waals surface area contributed by atoms with E-state index in [1.165, 1.54) is 0 Å². The minimum absolute atomic E-state index is 0.0421. The van der Waals surface area contributed by atoms with Crippen LogP contribution in [0, 0.1) is 4.91 Å². The molecule has 0 amide bonds.